The summed E-state index contributed by atoms with van der Waals surface area (Å²) in [6.07, 6.45) is -9.20. The zero-order valence-corrected chi connectivity index (χ0v) is 18.6. The first-order valence-corrected chi connectivity index (χ1v) is 9.93. The second-order valence-corrected chi connectivity index (χ2v) is 7.17. The minimum absolute atomic E-state index is 0.00192. The molecular weight excluding hydrogens is 515 g/mol. The lowest BCUT2D eigenvalue weighted by Crippen LogP contribution is -2.19. The zero-order valence-electron chi connectivity index (χ0n) is 18.6. The van der Waals surface area contributed by atoms with Gasteiger partial charge in [-0.25, -0.2) is 4.39 Å². The van der Waals surface area contributed by atoms with E-state index in [-0.39, 0.29) is 28.9 Å². The van der Waals surface area contributed by atoms with Gasteiger partial charge in [-0.2, -0.15) is 13.2 Å². The molecule has 0 unspecified atom stereocenters. The molecule has 0 saturated carbocycles. The summed E-state index contributed by atoms with van der Waals surface area (Å²) in [6.45, 7) is 3.46. The van der Waals surface area contributed by atoms with Crippen LogP contribution < -0.4 is 25.3 Å². The molecule has 196 valence electrons. The van der Waals surface area contributed by atoms with Crippen molar-refractivity contribution in [1.82, 2.24) is 4.98 Å². The van der Waals surface area contributed by atoms with Crippen molar-refractivity contribution in [2.75, 3.05) is 12.4 Å². The average molecular weight is 531 g/mol. The van der Waals surface area contributed by atoms with E-state index in [2.05, 4.69) is 21.6 Å². The van der Waals surface area contributed by atoms with Crippen molar-refractivity contribution in [3.63, 3.8) is 0 Å². The lowest BCUT2D eigenvalue weighted by molar-refractivity contribution is -0.275. The number of nitrogens with two attached hydrogens (primary N) is 1. The van der Waals surface area contributed by atoms with E-state index >= 15 is 4.39 Å². The van der Waals surface area contributed by atoms with Crippen molar-refractivity contribution < 1.29 is 49.7 Å². The maximum absolute atomic E-state index is 15.0. The summed E-state index contributed by atoms with van der Waals surface area (Å²) in [7, 11) is 1.16. The van der Waals surface area contributed by atoms with Crippen molar-refractivity contribution in [1.29, 1.82) is 0 Å². The minimum Gasteiger partial charge on any atom is -0.497 e. The molecule has 14 heteroatoms. The highest BCUT2D eigenvalue weighted by molar-refractivity contribution is 6.06. The predicted molar refractivity (Wildman–Crippen MR) is 117 cm³/mol. The van der Waals surface area contributed by atoms with Crippen molar-refractivity contribution >= 4 is 17.3 Å². The van der Waals surface area contributed by atoms with Gasteiger partial charge in [0.25, 0.3) is 5.91 Å². The molecule has 0 saturated heterocycles. The number of alkyl halides is 6. The third-order valence-electron chi connectivity index (χ3n) is 4.58. The number of hydrogen-bond donors (Lipinski definition) is 2. The fourth-order valence-electron chi connectivity index (χ4n) is 2.97. The van der Waals surface area contributed by atoms with E-state index in [9.17, 15) is 31.1 Å². The molecule has 0 atom stereocenters. The van der Waals surface area contributed by atoms with Crippen LogP contribution in [-0.2, 0) is 6.18 Å². The molecule has 0 aliphatic heterocycles. The van der Waals surface area contributed by atoms with Crippen molar-refractivity contribution in [3.8, 4) is 23.0 Å². The van der Waals surface area contributed by atoms with Gasteiger partial charge in [0.05, 0.1) is 24.1 Å². The SMILES string of the molecule is C=C(N)c1cc(NC(=O)c2c(Oc3ccc(OC)cc3OC(F)(F)F)ccc(C(F)(F)F)c2F)ccn1. The van der Waals surface area contributed by atoms with Crippen LogP contribution in [0, 0.1) is 5.82 Å². The Morgan fingerprint density at radius 1 is 1.00 bits per heavy atom. The second kappa shape index (κ2) is 10.2. The number of benzene rings is 2. The molecule has 7 nitrogen and oxygen atoms in total. The summed E-state index contributed by atoms with van der Waals surface area (Å²) in [5.41, 5.74) is 2.55. The predicted octanol–water partition coefficient (Wildman–Crippen LogP) is 6.12. The number of amides is 1. The van der Waals surface area contributed by atoms with Gasteiger partial charge in [-0.05, 0) is 36.4 Å². The fourth-order valence-corrected chi connectivity index (χ4v) is 2.97. The van der Waals surface area contributed by atoms with E-state index in [1.165, 1.54) is 18.3 Å². The molecule has 1 amide bonds. The Bertz CT molecular complexity index is 1340. The summed E-state index contributed by atoms with van der Waals surface area (Å²) in [5.74, 6) is -6.01. The average Bonchev–Trinajstić information content (AvgIpc) is 2.78. The number of carbonyl (C=O) groups is 1. The number of hydrogen-bond acceptors (Lipinski definition) is 6. The first-order chi connectivity index (χ1) is 17.2. The van der Waals surface area contributed by atoms with Gasteiger partial charge in [-0.1, -0.05) is 6.58 Å². The lowest BCUT2D eigenvalue weighted by Gasteiger charge is -2.18. The lowest BCUT2D eigenvalue weighted by atomic mass is 10.1. The highest BCUT2D eigenvalue weighted by Gasteiger charge is 2.38. The van der Waals surface area contributed by atoms with Crippen LogP contribution in [0.15, 0.2) is 55.2 Å². The number of aromatic nitrogens is 1. The smallest absolute Gasteiger partial charge is 0.497 e. The Balaban J connectivity index is 2.10. The summed E-state index contributed by atoms with van der Waals surface area (Å²) in [6, 6.07) is 6.16. The van der Waals surface area contributed by atoms with Gasteiger partial charge >= 0.3 is 12.5 Å². The standard InChI is InChI=1S/C23H16F7N3O4/c1-11(31)15-9-12(7-8-32-15)33-21(34)19-17(6-4-14(20(19)24)22(25,26)27)36-16-5-3-13(35-2)10-18(16)37-23(28,29)30/h3-10H,1,31H2,2H3,(H,32,33,34). The number of carbonyl (C=O) groups excluding carboxylic acids is 1. The molecule has 3 N–H and O–H groups in total. The Labute approximate surface area is 204 Å². The molecule has 1 aromatic heterocycles. The first-order valence-electron chi connectivity index (χ1n) is 9.93. The molecule has 0 bridgehead atoms. The maximum atomic E-state index is 15.0. The maximum Gasteiger partial charge on any atom is 0.573 e. The number of rotatable bonds is 7. The summed E-state index contributed by atoms with van der Waals surface area (Å²) < 4.78 is 108. The third kappa shape index (κ3) is 6.59. The Morgan fingerprint density at radius 3 is 2.27 bits per heavy atom. The molecule has 0 spiro atoms. The number of methoxy groups -OCH3 is 1. The Hall–Kier alpha value is -4.49. The van der Waals surface area contributed by atoms with Crippen LogP contribution in [0.2, 0.25) is 0 Å². The Kier molecular flexibility index (Phi) is 7.50. The molecule has 2 aromatic carbocycles. The quantitative estimate of drug-likeness (QED) is 0.357. The summed E-state index contributed by atoms with van der Waals surface area (Å²) >= 11 is 0. The molecule has 0 aliphatic carbocycles. The van der Waals surface area contributed by atoms with Crippen molar-refractivity contribution in [2.24, 2.45) is 5.73 Å². The van der Waals surface area contributed by atoms with E-state index in [0.29, 0.717) is 6.07 Å². The topological polar surface area (TPSA) is 95.7 Å². The zero-order chi connectivity index (χ0) is 27.5. The molecule has 0 radical (unpaired) electrons. The largest absolute Gasteiger partial charge is 0.573 e. The van der Waals surface area contributed by atoms with Crippen LogP contribution in [0.3, 0.4) is 0 Å². The van der Waals surface area contributed by atoms with E-state index in [4.69, 9.17) is 15.2 Å². The van der Waals surface area contributed by atoms with Gasteiger partial charge in [0, 0.05) is 18.0 Å². The van der Waals surface area contributed by atoms with E-state index in [0.717, 1.165) is 25.3 Å². The first kappa shape index (κ1) is 27.1. The van der Waals surface area contributed by atoms with Crippen LogP contribution in [-0.4, -0.2) is 24.4 Å². The number of halogens is 7. The number of nitrogens with zero attached hydrogens (tertiary/aromatic N) is 1. The molecule has 0 fully saturated rings. The van der Waals surface area contributed by atoms with Gasteiger partial charge in [-0.15, -0.1) is 13.2 Å². The fraction of sp³-hybridized carbons (Fsp3) is 0.130. The molecule has 0 aliphatic rings. The minimum atomic E-state index is -5.20. The Morgan fingerprint density at radius 2 is 1.68 bits per heavy atom. The summed E-state index contributed by atoms with van der Waals surface area (Å²) in [5, 5.41) is 2.18. The van der Waals surface area contributed by atoms with Crippen LogP contribution in [0.5, 0.6) is 23.0 Å². The van der Waals surface area contributed by atoms with Gasteiger partial charge in [0.2, 0.25) is 0 Å². The normalized spacial score (nSPS) is 11.6. The number of anilines is 1. The molecule has 1 heterocycles. The van der Waals surface area contributed by atoms with Gasteiger partial charge < -0.3 is 25.3 Å². The number of ether oxygens (including phenoxy) is 3. The summed E-state index contributed by atoms with van der Waals surface area (Å²) in [4.78, 5) is 16.8. The van der Waals surface area contributed by atoms with Crippen molar-refractivity contribution in [3.05, 3.63) is 77.9 Å². The third-order valence-corrected chi connectivity index (χ3v) is 4.58. The monoisotopic (exact) mass is 531 g/mol. The van der Waals surface area contributed by atoms with Crippen LogP contribution in [0.1, 0.15) is 21.6 Å². The number of pyridine rings is 1. The molecule has 3 rings (SSSR count). The van der Waals surface area contributed by atoms with Gasteiger partial charge in [0.1, 0.15) is 17.1 Å². The van der Waals surface area contributed by atoms with Crippen molar-refractivity contribution in [2.45, 2.75) is 12.5 Å². The van der Waals surface area contributed by atoms with E-state index < -0.39 is 52.6 Å². The highest BCUT2D eigenvalue weighted by atomic mass is 19.4. The van der Waals surface area contributed by atoms with Crippen LogP contribution in [0.4, 0.5) is 36.4 Å². The highest BCUT2D eigenvalue weighted by Crippen LogP contribution is 2.41. The molecule has 37 heavy (non-hydrogen) atoms. The van der Waals surface area contributed by atoms with Crippen LogP contribution in [0.25, 0.3) is 5.70 Å². The van der Waals surface area contributed by atoms with Gasteiger partial charge in [0.15, 0.2) is 17.3 Å². The van der Waals surface area contributed by atoms with E-state index in [1.807, 2.05) is 0 Å². The van der Waals surface area contributed by atoms with E-state index in [1.54, 1.807) is 0 Å². The molecule has 3 aromatic rings. The second-order valence-electron chi connectivity index (χ2n) is 7.17. The van der Waals surface area contributed by atoms with Gasteiger partial charge in [-0.3, -0.25) is 9.78 Å². The van der Waals surface area contributed by atoms with Crippen LogP contribution >= 0.6 is 0 Å². The number of nitrogens with one attached hydrogen (secondary N) is 1. The molecular formula is C23H16F7N3O4.